The average molecular weight is 901 g/mol. The Bertz CT molecular complexity index is 1360. The summed E-state index contributed by atoms with van der Waals surface area (Å²) in [7, 11) is 0. The monoisotopic (exact) mass is 901 g/mol. The van der Waals surface area contributed by atoms with Crippen molar-refractivity contribution in [1.29, 1.82) is 0 Å². The standard InChI is InChI=1S/C59H96O6/c1-4-7-10-13-16-19-22-24-26-28-29-31-33-35-38-41-44-47-50-53-59(62)65-56(54-63-57(60)51-48-45-42-39-36-21-18-15-12-9-6-3)55-64-58(61)52-49-46-43-40-37-34-32-30-27-25-23-20-17-14-11-8-5-2/h16-17,19-20,24-27,29,31-32,34-35,38,40,43-44,47,56H,4-15,18,21-23,28,30,33,36-37,39,41-42,45-46,48-55H2,1-3H3/b19-16-,20-17-,26-24-,27-25-,31-29-,34-32-,38-35-,43-40-,47-44-/t56-/m0/s1. The number of hydrogen-bond acceptors (Lipinski definition) is 6. The fourth-order valence-electron chi connectivity index (χ4n) is 6.77. The van der Waals surface area contributed by atoms with E-state index in [0.29, 0.717) is 19.3 Å². The predicted octanol–water partition coefficient (Wildman–Crippen LogP) is 17.5. The van der Waals surface area contributed by atoms with Crippen molar-refractivity contribution in [2.24, 2.45) is 0 Å². The third-order valence-corrected chi connectivity index (χ3v) is 10.8. The molecule has 1 atom stereocenters. The first-order chi connectivity index (χ1) is 32.0. The Hall–Kier alpha value is -3.93. The van der Waals surface area contributed by atoms with Gasteiger partial charge in [0.05, 0.1) is 0 Å². The van der Waals surface area contributed by atoms with Crippen molar-refractivity contribution in [3.05, 3.63) is 109 Å². The number of hydrogen-bond donors (Lipinski definition) is 0. The second-order valence-corrected chi connectivity index (χ2v) is 17.1. The number of carbonyl (C=O) groups is 3. The molecular formula is C59H96O6. The molecule has 0 bridgehead atoms. The Morgan fingerprint density at radius 1 is 0.308 bits per heavy atom. The molecule has 0 radical (unpaired) electrons. The third-order valence-electron chi connectivity index (χ3n) is 10.8. The molecule has 0 rings (SSSR count). The lowest BCUT2D eigenvalue weighted by Gasteiger charge is -2.18. The molecule has 0 aliphatic carbocycles. The summed E-state index contributed by atoms with van der Waals surface area (Å²) in [6, 6.07) is 0. The van der Waals surface area contributed by atoms with Crippen molar-refractivity contribution in [3.63, 3.8) is 0 Å². The molecule has 0 spiro atoms. The van der Waals surface area contributed by atoms with Crippen LogP contribution in [0.5, 0.6) is 0 Å². The van der Waals surface area contributed by atoms with Crippen LogP contribution in [0, 0.1) is 0 Å². The molecule has 6 nitrogen and oxygen atoms in total. The molecule has 0 aromatic rings. The minimum absolute atomic E-state index is 0.125. The predicted molar refractivity (Wildman–Crippen MR) is 279 cm³/mol. The van der Waals surface area contributed by atoms with Gasteiger partial charge in [0, 0.05) is 19.3 Å². The third kappa shape index (κ3) is 50.9. The molecule has 368 valence electrons. The second-order valence-electron chi connectivity index (χ2n) is 17.1. The SMILES string of the molecule is CCCCC/C=C\C/C=C\C/C=C\C/C=C\C/C=C\CCC(=O)O[C@H](COC(=O)CCC/C=C\C/C=C\C/C=C\C/C=C\CCCCC)COC(=O)CCCCCCCCCCCCC. The van der Waals surface area contributed by atoms with Crippen LogP contribution in [0.25, 0.3) is 0 Å². The molecule has 0 aliphatic heterocycles. The van der Waals surface area contributed by atoms with E-state index in [9.17, 15) is 14.4 Å². The van der Waals surface area contributed by atoms with Crippen LogP contribution in [-0.2, 0) is 28.6 Å². The van der Waals surface area contributed by atoms with Crippen molar-refractivity contribution >= 4 is 17.9 Å². The van der Waals surface area contributed by atoms with Crippen molar-refractivity contribution < 1.29 is 28.6 Å². The Labute approximate surface area is 400 Å². The first kappa shape index (κ1) is 61.1. The zero-order valence-corrected chi connectivity index (χ0v) is 42.0. The summed E-state index contributed by atoms with van der Waals surface area (Å²) in [6.45, 7) is 6.45. The van der Waals surface area contributed by atoms with Crippen molar-refractivity contribution in [3.8, 4) is 0 Å². The number of rotatable bonds is 46. The number of ether oxygens (including phenoxy) is 3. The maximum atomic E-state index is 12.8. The van der Waals surface area contributed by atoms with Crippen LogP contribution < -0.4 is 0 Å². The lowest BCUT2D eigenvalue weighted by Crippen LogP contribution is -2.30. The highest BCUT2D eigenvalue weighted by molar-refractivity contribution is 5.71. The lowest BCUT2D eigenvalue weighted by atomic mass is 10.1. The van der Waals surface area contributed by atoms with Crippen LogP contribution in [0.15, 0.2) is 109 Å². The topological polar surface area (TPSA) is 78.9 Å². The van der Waals surface area contributed by atoms with E-state index in [2.05, 4.69) is 118 Å². The summed E-state index contributed by atoms with van der Waals surface area (Å²) in [4.78, 5) is 37.9. The smallest absolute Gasteiger partial charge is 0.306 e. The van der Waals surface area contributed by atoms with Crippen LogP contribution >= 0.6 is 0 Å². The molecule has 0 unspecified atom stereocenters. The van der Waals surface area contributed by atoms with E-state index in [-0.39, 0.29) is 38.0 Å². The van der Waals surface area contributed by atoms with Crippen LogP contribution in [0.4, 0.5) is 0 Å². The number of allylic oxidation sites excluding steroid dienone is 18. The quantitative estimate of drug-likeness (QED) is 0.0262. The van der Waals surface area contributed by atoms with Gasteiger partial charge in [-0.25, -0.2) is 0 Å². The maximum absolute atomic E-state index is 12.8. The highest BCUT2D eigenvalue weighted by Crippen LogP contribution is 2.13. The largest absolute Gasteiger partial charge is 0.462 e. The van der Waals surface area contributed by atoms with Gasteiger partial charge in [0.1, 0.15) is 13.2 Å². The molecule has 0 aromatic heterocycles. The van der Waals surface area contributed by atoms with Gasteiger partial charge in [-0.2, -0.15) is 0 Å². The second kappa shape index (κ2) is 52.7. The molecule has 0 heterocycles. The molecule has 0 amide bonds. The summed E-state index contributed by atoms with van der Waals surface area (Å²) in [5, 5.41) is 0. The number of unbranched alkanes of at least 4 members (excludes halogenated alkanes) is 17. The molecule has 0 aromatic carbocycles. The molecule has 6 heteroatoms. The zero-order chi connectivity index (χ0) is 47.2. The first-order valence-corrected chi connectivity index (χ1v) is 26.4. The molecule has 0 fully saturated rings. The summed E-state index contributed by atoms with van der Waals surface area (Å²) < 4.78 is 16.7. The maximum Gasteiger partial charge on any atom is 0.306 e. The number of esters is 3. The fraction of sp³-hybridized carbons (Fsp3) is 0.644. The Morgan fingerprint density at radius 3 is 0.985 bits per heavy atom. The van der Waals surface area contributed by atoms with E-state index >= 15 is 0 Å². The Kier molecular flexibility index (Phi) is 49.5. The van der Waals surface area contributed by atoms with Crippen molar-refractivity contribution in [2.45, 2.75) is 232 Å². The molecule has 65 heavy (non-hydrogen) atoms. The fourth-order valence-corrected chi connectivity index (χ4v) is 6.77. The van der Waals surface area contributed by atoms with Crippen LogP contribution in [0.1, 0.15) is 226 Å². The number of carbonyl (C=O) groups excluding carboxylic acids is 3. The van der Waals surface area contributed by atoms with Gasteiger partial charge < -0.3 is 14.2 Å². The lowest BCUT2D eigenvalue weighted by molar-refractivity contribution is -0.166. The molecule has 0 N–H and O–H groups in total. The summed E-state index contributed by atoms with van der Waals surface area (Å²) in [5.74, 6) is -1.07. The summed E-state index contributed by atoms with van der Waals surface area (Å²) >= 11 is 0. The van der Waals surface area contributed by atoms with Crippen LogP contribution in [-0.4, -0.2) is 37.2 Å². The zero-order valence-electron chi connectivity index (χ0n) is 42.0. The van der Waals surface area contributed by atoms with E-state index in [0.717, 1.165) is 70.6 Å². The first-order valence-electron chi connectivity index (χ1n) is 26.4. The highest BCUT2D eigenvalue weighted by atomic mass is 16.6. The van der Waals surface area contributed by atoms with E-state index in [1.54, 1.807) is 0 Å². The molecular weight excluding hydrogens is 805 g/mol. The van der Waals surface area contributed by atoms with Gasteiger partial charge in [0.25, 0.3) is 0 Å². The van der Waals surface area contributed by atoms with Gasteiger partial charge in [0.15, 0.2) is 6.10 Å². The minimum Gasteiger partial charge on any atom is -0.462 e. The van der Waals surface area contributed by atoms with E-state index in [1.807, 2.05) is 12.2 Å². The average Bonchev–Trinajstić information content (AvgIpc) is 3.30. The summed E-state index contributed by atoms with van der Waals surface area (Å²) in [5.41, 5.74) is 0. The van der Waals surface area contributed by atoms with Crippen LogP contribution in [0.2, 0.25) is 0 Å². The van der Waals surface area contributed by atoms with Gasteiger partial charge >= 0.3 is 17.9 Å². The van der Waals surface area contributed by atoms with Crippen LogP contribution in [0.3, 0.4) is 0 Å². The molecule has 0 saturated carbocycles. The van der Waals surface area contributed by atoms with Gasteiger partial charge in [-0.1, -0.05) is 220 Å². The van der Waals surface area contributed by atoms with Gasteiger partial charge in [-0.15, -0.1) is 0 Å². The Morgan fingerprint density at radius 2 is 0.600 bits per heavy atom. The van der Waals surface area contributed by atoms with Crippen molar-refractivity contribution in [1.82, 2.24) is 0 Å². The van der Waals surface area contributed by atoms with E-state index in [4.69, 9.17) is 14.2 Å². The Balaban J connectivity index is 4.59. The van der Waals surface area contributed by atoms with Gasteiger partial charge in [-0.3, -0.25) is 14.4 Å². The van der Waals surface area contributed by atoms with Gasteiger partial charge in [-0.05, 0) is 96.3 Å². The molecule has 0 aliphatic rings. The normalized spacial score (nSPS) is 13.0. The highest BCUT2D eigenvalue weighted by Gasteiger charge is 2.19. The van der Waals surface area contributed by atoms with E-state index < -0.39 is 12.1 Å². The van der Waals surface area contributed by atoms with Crippen molar-refractivity contribution in [2.75, 3.05) is 13.2 Å². The van der Waals surface area contributed by atoms with Gasteiger partial charge in [0.2, 0.25) is 0 Å². The summed E-state index contributed by atoms with van der Waals surface area (Å²) in [6.07, 6.45) is 70.9. The van der Waals surface area contributed by atoms with E-state index in [1.165, 1.54) is 103 Å². The molecule has 0 saturated heterocycles. The minimum atomic E-state index is -0.839.